The summed E-state index contributed by atoms with van der Waals surface area (Å²) < 4.78 is 7.39. The van der Waals surface area contributed by atoms with E-state index in [9.17, 15) is 4.79 Å². The van der Waals surface area contributed by atoms with Crippen LogP contribution < -0.4 is 10.6 Å². The third-order valence-electron chi connectivity index (χ3n) is 6.57. The van der Waals surface area contributed by atoms with Crippen molar-refractivity contribution in [2.45, 2.75) is 44.8 Å². The van der Waals surface area contributed by atoms with Crippen molar-refractivity contribution in [2.75, 3.05) is 18.5 Å². The Balaban J connectivity index is 1.48. The molecule has 2 N–H and O–H groups in total. The molecule has 1 saturated heterocycles. The molecule has 1 unspecified atom stereocenters. The van der Waals surface area contributed by atoms with Crippen LogP contribution in [0.15, 0.2) is 73.1 Å². The van der Waals surface area contributed by atoms with Crippen LogP contribution in [0.3, 0.4) is 0 Å². The summed E-state index contributed by atoms with van der Waals surface area (Å²) in [7, 11) is 0. The summed E-state index contributed by atoms with van der Waals surface area (Å²) in [5, 5.41) is 12.3. The lowest BCUT2D eigenvalue weighted by molar-refractivity contribution is 0.0903. The average molecular weight is 470 g/mol. The van der Waals surface area contributed by atoms with E-state index in [4.69, 9.17) is 4.74 Å². The highest BCUT2D eigenvalue weighted by Crippen LogP contribution is 2.29. The van der Waals surface area contributed by atoms with Crippen LogP contribution in [-0.2, 0) is 17.7 Å². The molecule has 2 aromatic heterocycles. The first-order valence-corrected chi connectivity index (χ1v) is 12.3. The maximum Gasteiger partial charge on any atom is 0.255 e. The molecule has 7 nitrogen and oxygen atoms in total. The number of nitrogens with one attached hydrogen (secondary N) is 2. The quantitative estimate of drug-likeness (QED) is 0.389. The number of hydrogen-bond donors (Lipinski definition) is 2. The number of fused-ring (bicyclic) bond motifs is 1. The zero-order valence-electron chi connectivity index (χ0n) is 20.0. The van der Waals surface area contributed by atoms with Gasteiger partial charge in [0, 0.05) is 32.0 Å². The molecule has 0 bridgehead atoms. The maximum atomic E-state index is 13.8. The van der Waals surface area contributed by atoms with Gasteiger partial charge in [-0.15, -0.1) is 0 Å². The van der Waals surface area contributed by atoms with Crippen molar-refractivity contribution in [1.82, 2.24) is 20.1 Å². The van der Waals surface area contributed by atoms with Gasteiger partial charge in [0.15, 0.2) is 5.65 Å². The zero-order chi connectivity index (χ0) is 24.0. The van der Waals surface area contributed by atoms with Gasteiger partial charge >= 0.3 is 0 Å². The number of ether oxygens (including phenoxy) is 1. The van der Waals surface area contributed by atoms with Crippen LogP contribution in [0, 0.1) is 0 Å². The van der Waals surface area contributed by atoms with Gasteiger partial charge in [0.25, 0.3) is 5.91 Å². The molecule has 0 saturated carbocycles. The summed E-state index contributed by atoms with van der Waals surface area (Å²) in [4.78, 5) is 18.4. The van der Waals surface area contributed by atoms with Gasteiger partial charge in [-0.25, -0.2) is 9.67 Å². The average Bonchev–Trinajstić information content (AvgIpc) is 3.34. The van der Waals surface area contributed by atoms with E-state index < -0.39 is 0 Å². The van der Waals surface area contributed by atoms with Gasteiger partial charge in [0.1, 0.15) is 0 Å². The number of nitrogens with zero attached hydrogens (tertiary/aromatic N) is 3. The lowest BCUT2D eigenvalue weighted by atomic mass is 9.98. The van der Waals surface area contributed by atoms with Gasteiger partial charge in [0.2, 0.25) is 0 Å². The lowest BCUT2D eigenvalue weighted by Crippen LogP contribution is -2.32. The second kappa shape index (κ2) is 10.7. The van der Waals surface area contributed by atoms with Gasteiger partial charge < -0.3 is 15.4 Å². The minimum Gasteiger partial charge on any atom is -0.381 e. The zero-order valence-corrected chi connectivity index (χ0v) is 20.0. The fraction of sp³-hybridized carbons (Fsp3) is 0.321. The monoisotopic (exact) mass is 469 g/mol. The van der Waals surface area contributed by atoms with Gasteiger partial charge in [-0.1, -0.05) is 60.7 Å². The molecule has 4 aromatic rings. The fourth-order valence-corrected chi connectivity index (χ4v) is 4.66. The Kier molecular flexibility index (Phi) is 7.04. The molecule has 5 rings (SSSR count). The van der Waals surface area contributed by atoms with E-state index in [1.165, 1.54) is 5.56 Å². The predicted molar refractivity (Wildman–Crippen MR) is 137 cm³/mol. The number of anilines is 1. The molecular weight excluding hydrogens is 438 g/mol. The number of hydrogen-bond acceptors (Lipinski definition) is 5. The number of benzene rings is 2. The minimum atomic E-state index is -0.170. The van der Waals surface area contributed by atoms with Crippen molar-refractivity contribution in [1.29, 1.82) is 0 Å². The molecule has 0 spiro atoms. The van der Waals surface area contributed by atoms with E-state index in [2.05, 4.69) is 45.0 Å². The topological polar surface area (TPSA) is 81.1 Å². The van der Waals surface area contributed by atoms with E-state index in [-0.39, 0.29) is 18.0 Å². The predicted octanol–water partition coefficient (Wildman–Crippen LogP) is 4.76. The normalized spacial score (nSPS) is 15.1. The summed E-state index contributed by atoms with van der Waals surface area (Å²) in [5.41, 5.74) is 4.35. The van der Waals surface area contributed by atoms with Gasteiger partial charge in [-0.3, -0.25) is 4.79 Å². The Hall–Kier alpha value is -3.71. The summed E-state index contributed by atoms with van der Waals surface area (Å²) in [6.45, 7) is 4.18. The molecule has 7 heteroatoms. The van der Waals surface area contributed by atoms with E-state index in [0.717, 1.165) is 48.3 Å². The number of aryl methyl sites for hydroxylation is 1. The molecule has 180 valence electrons. The summed E-state index contributed by atoms with van der Waals surface area (Å²) in [6.07, 6.45) is 5.98. The summed E-state index contributed by atoms with van der Waals surface area (Å²) in [5.74, 6) is -0.150. The first-order valence-electron chi connectivity index (χ1n) is 12.3. The largest absolute Gasteiger partial charge is 0.381 e. The highest BCUT2D eigenvalue weighted by molar-refractivity contribution is 6.06. The fourth-order valence-electron chi connectivity index (χ4n) is 4.66. The van der Waals surface area contributed by atoms with E-state index in [1.807, 2.05) is 54.2 Å². The van der Waals surface area contributed by atoms with Crippen LogP contribution in [0.1, 0.15) is 47.3 Å². The second-order valence-corrected chi connectivity index (χ2v) is 8.90. The van der Waals surface area contributed by atoms with Gasteiger partial charge in [0.05, 0.1) is 28.9 Å². The molecule has 1 atom stereocenters. The molecule has 35 heavy (non-hydrogen) atoms. The summed E-state index contributed by atoms with van der Waals surface area (Å²) in [6, 6.07) is 20.4. The Morgan fingerprint density at radius 1 is 1.06 bits per heavy atom. The third kappa shape index (κ3) is 5.20. The maximum absolute atomic E-state index is 13.8. The number of aromatic nitrogens is 3. The molecule has 0 radical (unpaired) electrons. The Morgan fingerprint density at radius 2 is 1.77 bits per heavy atom. The molecule has 1 amide bonds. The van der Waals surface area contributed by atoms with Crippen LogP contribution in [0.2, 0.25) is 0 Å². The Labute approximate surface area is 205 Å². The van der Waals surface area contributed by atoms with Gasteiger partial charge in [-0.2, -0.15) is 5.10 Å². The number of pyridine rings is 1. The standard InChI is InChI=1S/C28H31N5O2/c1-2-33-27-23(19-30-33)26(31-22-13-15-35-16-14-22)24(18-29-27)28(34)32-25(21-11-7-4-8-12-21)17-20-9-5-3-6-10-20/h3-12,18-19,22,25H,2,13-17H2,1H3,(H,29,31)(H,32,34). The van der Waals surface area contributed by atoms with Crippen molar-refractivity contribution < 1.29 is 9.53 Å². The molecule has 0 aliphatic carbocycles. The Bertz CT molecular complexity index is 1270. The Morgan fingerprint density at radius 3 is 2.49 bits per heavy atom. The minimum absolute atomic E-state index is 0.150. The number of carbonyl (C=O) groups excluding carboxylic acids is 1. The number of rotatable bonds is 8. The van der Waals surface area contributed by atoms with Crippen LogP contribution >= 0.6 is 0 Å². The van der Waals surface area contributed by atoms with E-state index >= 15 is 0 Å². The van der Waals surface area contributed by atoms with Crippen molar-refractivity contribution in [3.8, 4) is 0 Å². The molecule has 1 fully saturated rings. The molecular formula is C28H31N5O2. The van der Waals surface area contributed by atoms with Crippen LogP contribution in [0.25, 0.3) is 11.0 Å². The van der Waals surface area contributed by atoms with Crippen molar-refractivity contribution in [3.63, 3.8) is 0 Å². The summed E-state index contributed by atoms with van der Waals surface area (Å²) >= 11 is 0. The molecule has 3 heterocycles. The number of amides is 1. The number of carbonyl (C=O) groups is 1. The molecule has 2 aromatic carbocycles. The molecule has 1 aliphatic heterocycles. The lowest BCUT2D eigenvalue weighted by Gasteiger charge is -2.26. The van der Waals surface area contributed by atoms with Crippen molar-refractivity contribution in [3.05, 3.63) is 89.7 Å². The highest BCUT2D eigenvalue weighted by Gasteiger charge is 2.24. The van der Waals surface area contributed by atoms with Crippen molar-refractivity contribution in [2.24, 2.45) is 0 Å². The molecule has 1 aliphatic rings. The third-order valence-corrected chi connectivity index (χ3v) is 6.57. The first kappa shape index (κ1) is 23.1. The van der Waals surface area contributed by atoms with Crippen LogP contribution in [0.4, 0.5) is 5.69 Å². The van der Waals surface area contributed by atoms with E-state index in [0.29, 0.717) is 18.5 Å². The first-order chi connectivity index (χ1) is 17.2. The van der Waals surface area contributed by atoms with Crippen molar-refractivity contribution >= 4 is 22.6 Å². The second-order valence-electron chi connectivity index (χ2n) is 8.90. The SMILES string of the molecule is CCn1ncc2c(NC3CCOCC3)c(C(=O)NC(Cc3ccccc3)c3ccccc3)cnc21. The van der Waals surface area contributed by atoms with Crippen LogP contribution in [0.5, 0.6) is 0 Å². The van der Waals surface area contributed by atoms with E-state index in [1.54, 1.807) is 6.20 Å². The smallest absolute Gasteiger partial charge is 0.255 e. The van der Waals surface area contributed by atoms with Gasteiger partial charge in [-0.05, 0) is 37.3 Å². The van der Waals surface area contributed by atoms with Crippen LogP contribution in [-0.4, -0.2) is 39.9 Å². The highest BCUT2D eigenvalue weighted by atomic mass is 16.5.